The molecule has 1 aromatic heterocycles. The van der Waals surface area contributed by atoms with Gasteiger partial charge in [-0.25, -0.2) is 4.98 Å². The summed E-state index contributed by atoms with van der Waals surface area (Å²) in [6.45, 7) is 4.87. The third-order valence-corrected chi connectivity index (χ3v) is 4.57. The van der Waals surface area contributed by atoms with Crippen LogP contribution >= 0.6 is 0 Å². The van der Waals surface area contributed by atoms with Gasteiger partial charge in [-0.1, -0.05) is 0 Å². The van der Waals surface area contributed by atoms with Gasteiger partial charge < -0.3 is 19.9 Å². The van der Waals surface area contributed by atoms with E-state index in [0.717, 1.165) is 5.75 Å². The molecule has 1 aliphatic rings. The molecule has 1 aliphatic heterocycles. The summed E-state index contributed by atoms with van der Waals surface area (Å²) < 4.78 is 5.13. The van der Waals surface area contributed by atoms with E-state index in [1.807, 2.05) is 11.8 Å². The van der Waals surface area contributed by atoms with Crippen LogP contribution in [0.3, 0.4) is 0 Å². The Labute approximate surface area is 158 Å². The van der Waals surface area contributed by atoms with Gasteiger partial charge in [0, 0.05) is 44.5 Å². The average molecular weight is 368 g/mol. The fraction of sp³-hybridized carbons (Fsp3) is 0.350. The SMILES string of the molecule is CCNC(=O)c1cccnc1N1CCN(C(=O)c2ccc(OC)cc2)CC1. The minimum atomic E-state index is -0.127. The molecule has 2 aromatic rings. The van der Waals surface area contributed by atoms with Crippen LogP contribution in [-0.4, -0.2) is 61.5 Å². The molecule has 3 rings (SSSR count). The third kappa shape index (κ3) is 4.19. The van der Waals surface area contributed by atoms with Gasteiger partial charge >= 0.3 is 0 Å². The fourth-order valence-electron chi connectivity index (χ4n) is 3.12. The Morgan fingerprint density at radius 2 is 1.81 bits per heavy atom. The van der Waals surface area contributed by atoms with Crippen LogP contribution < -0.4 is 15.0 Å². The van der Waals surface area contributed by atoms with E-state index in [1.54, 1.807) is 49.7 Å². The van der Waals surface area contributed by atoms with Crippen molar-refractivity contribution in [3.05, 3.63) is 53.7 Å². The first-order valence-electron chi connectivity index (χ1n) is 9.05. The van der Waals surface area contributed by atoms with Crippen LogP contribution in [-0.2, 0) is 0 Å². The van der Waals surface area contributed by atoms with Gasteiger partial charge in [-0.2, -0.15) is 0 Å². The van der Waals surface area contributed by atoms with Crippen molar-refractivity contribution in [2.24, 2.45) is 0 Å². The number of carbonyl (C=O) groups excluding carboxylic acids is 2. The number of benzene rings is 1. The van der Waals surface area contributed by atoms with Crippen molar-refractivity contribution >= 4 is 17.6 Å². The van der Waals surface area contributed by atoms with Gasteiger partial charge in [0.15, 0.2) is 0 Å². The lowest BCUT2D eigenvalue weighted by Gasteiger charge is -2.36. The molecule has 0 radical (unpaired) electrons. The number of nitrogens with zero attached hydrogens (tertiary/aromatic N) is 3. The van der Waals surface area contributed by atoms with Crippen molar-refractivity contribution in [3.63, 3.8) is 0 Å². The van der Waals surface area contributed by atoms with Crippen LogP contribution in [0.15, 0.2) is 42.6 Å². The molecule has 2 amide bonds. The summed E-state index contributed by atoms with van der Waals surface area (Å²) in [4.78, 5) is 33.2. The van der Waals surface area contributed by atoms with E-state index < -0.39 is 0 Å². The number of carbonyl (C=O) groups is 2. The Balaban J connectivity index is 1.67. The number of rotatable bonds is 5. The lowest BCUT2D eigenvalue weighted by molar-refractivity contribution is 0.0745. The topological polar surface area (TPSA) is 74.8 Å². The van der Waals surface area contributed by atoms with Crippen LogP contribution in [0.25, 0.3) is 0 Å². The minimum Gasteiger partial charge on any atom is -0.497 e. The van der Waals surface area contributed by atoms with Crippen LogP contribution in [0.2, 0.25) is 0 Å². The number of hydrogen-bond acceptors (Lipinski definition) is 5. The van der Waals surface area contributed by atoms with Gasteiger partial charge in [0.25, 0.3) is 11.8 Å². The molecule has 7 nitrogen and oxygen atoms in total. The molecule has 7 heteroatoms. The molecule has 0 aliphatic carbocycles. The first-order chi connectivity index (χ1) is 13.1. The third-order valence-electron chi connectivity index (χ3n) is 4.57. The average Bonchev–Trinajstić information content (AvgIpc) is 2.73. The first-order valence-corrected chi connectivity index (χ1v) is 9.05. The number of methoxy groups -OCH3 is 1. The summed E-state index contributed by atoms with van der Waals surface area (Å²) in [5, 5.41) is 2.82. The monoisotopic (exact) mass is 368 g/mol. The number of hydrogen-bond donors (Lipinski definition) is 1. The van der Waals surface area contributed by atoms with E-state index >= 15 is 0 Å². The molecular formula is C20H24N4O3. The van der Waals surface area contributed by atoms with Crippen LogP contribution in [0.4, 0.5) is 5.82 Å². The molecule has 142 valence electrons. The predicted molar refractivity (Wildman–Crippen MR) is 103 cm³/mol. The van der Waals surface area contributed by atoms with Gasteiger partial charge in [0.2, 0.25) is 0 Å². The van der Waals surface area contributed by atoms with E-state index in [-0.39, 0.29) is 11.8 Å². The highest BCUT2D eigenvalue weighted by Crippen LogP contribution is 2.20. The molecule has 1 saturated heterocycles. The smallest absolute Gasteiger partial charge is 0.255 e. The molecule has 0 spiro atoms. The Morgan fingerprint density at radius 1 is 1.11 bits per heavy atom. The Bertz CT molecular complexity index is 799. The van der Waals surface area contributed by atoms with Gasteiger partial charge in [0.1, 0.15) is 11.6 Å². The molecule has 27 heavy (non-hydrogen) atoms. The first kappa shape index (κ1) is 18.7. The Hall–Kier alpha value is -3.09. The summed E-state index contributed by atoms with van der Waals surface area (Å²) in [5.41, 5.74) is 1.21. The maximum Gasteiger partial charge on any atom is 0.255 e. The second-order valence-corrected chi connectivity index (χ2v) is 6.24. The van der Waals surface area contributed by atoms with Crippen molar-refractivity contribution in [2.75, 3.05) is 44.7 Å². The summed E-state index contributed by atoms with van der Waals surface area (Å²) in [6, 6.07) is 10.7. The van der Waals surface area contributed by atoms with Crippen molar-refractivity contribution < 1.29 is 14.3 Å². The Kier molecular flexibility index (Phi) is 5.90. The van der Waals surface area contributed by atoms with Crippen molar-refractivity contribution in [2.45, 2.75) is 6.92 Å². The van der Waals surface area contributed by atoms with Gasteiger partial charge in [-0.3, -0.25) is 9.59 Å². The highest BCUT2D eigenvalue weighted by Gasteiger charge is 2.25. The number of amides is 2. The Morgan fingerprint density at radius 3 is 2.44 bits per heavy atom. The molecule has 0 bridgehead atoms. The maximum atomic E-state index is 12.7. The van der Waals surface area contributed by atoms with Crippen LogP contribution in [0, 0.1) is 0 Å². The number of piperazine rings is 1. The van der Waals surface area contributed by atoms with E-state index in [1.165, 1.54) is 0 Å². The number of aromatic nitrogens is 1. The molecule has 1 aromatic carbocycles. The molecule has 0 atom stereocenters. The van der Waals surface area contributed by atoms with Crippen LogP contribution in [0.5, 0.6) is 5.75 Å². The summed E-state index contributed by atoms with van der Waals surface area (Å²) in [5.74, 6) is 1.27. The van der Waals surface area contributed by atoms with E-state index in [2.05, 4.69) is 15.2 Å². The number of anilines is 1. The number of nitrogens with one attached hydrogen (secondary N) is 1. The molecule has 1 fully saturated rings. The second kappa shape index (κ2) is 8.53. The predicted octanol–water partition coefficient (Wildman–Crippen LogP) is 1.80. The quantitative estimate of drug-likeness (QED) is 0.871. The molecule has 2 heterocycles. The van der Waals surface area contributed by atoms with Crippen molar-refractivity contribution in [3.8, 4) is 5.75 Å². The maximum absolute atomic E-state index is 12.7. The standard InChI is InChI=1S/C20H24N4O3/c1-3-21-19(25)17-5-4-10-22-18(17)23-11-13-24(14-12-23)20(26)15-6-8-16(27-2)9-7-15/h4-10H,3,11-14H2,1-2H3,(H,21,25). The van der Waals surface area contributed by atoms with E-state index in [9.17, 15) is 9.59 Å². The second-order valence-electron chi connectivity index (χ2n) is 6.24. The summed E-state index contributed by atoms with van der Waals surface area (Å²) in [6.07, 6.45) is 1.69. The molecule has 1 N–H and O–H groups in total. The molecule has 0 unspecified atom stereocenters. The van der Waals surface area contributed by atoms with Gasteiger partial charge in [0.05, 0.1) is 12.7 Å². The summed E-state index contributed by atoms with van der Waals surface area (Å²) in [7, 11) is 1.60. The van der Waals surface area contributed by atoms with Crippen LogP contribution in [0.1, 0.15) is 27.6 Å². The number of ether oxygens (including phenoxy) is 1. The fourth-order valence-corrected chi connectivity index (χ4v) is 3.12. The molecular weight excluding hydrogens is 344 g/mol. The highest BCUT2D eigenvalue weighted by atomic mass is 16.5. The summed E-state index contributed by atoms with van der Waals surface area (Å²) >= 11 is 0. The largest absolute Gasteiger partial charge is 0.497 e. The van der Waals surface area contributed by atoms with Gasteiger partial charge in [-0.05, 0) is 43.3 Å². The zero-order valence-corrected chi connectivity index (χ0v) is 15.6. The van der Waals surface area contributed by atoms with Gasteiger partial charge in [-0.15, -0.1) is 0 Å². The van der Waals surface area contributed by atoms with Crippen molar-refractivity contribution in [1.82, 2.24) is 15.2 Å². The normalized spacial score (nSPS) is 14.0. The highest BCUT2D eigenvalue weighted by molar-refractivity contribution is 5.99. The van der Waals surface area contributed by atoms with Crippen molar-refractivity contribution in [1.29, 1.82) is 0 Å². The zero-order chi connectivity index (χ0) is 19.2. The lowest BCUT2D eigenvalue weighted by atomic mass is 10.1. The lowest BCUT2D eigenvalue weighted by Crippen LogP contribution is -2.49. The number of pyridine rings is 1. The molecule has 0 saturated carbocycles. The van der Waals surface area contributed by atoms with E-state index in [4.69, 9.17) is 4.74 Å². The van der Waals surface area contributed by atoms with E-state index in [0.29, 0.717) is 49.7 Å². The zero-order valence-electron chi connectivity index (χ0n) is 15.6. The minimum absolute atomic E-state index is 0.00211.